The van der Waals surface area contributed by atoms with Gasteiger partial charge < -0.3 is 0 Å². The molecule has 0 spiro atoms. The van der Waals surface area contributed by atoms with E-state index >= 15 is 0 Å². The lowest BCUT2D eigenvalue weighted by molar-refractivity contribution is 0.145. The number of sulfonamides is 1. The highest BCUT2D eigenvalue weighted by atomic mass is 32.2. The van der Waals surface area contributed by atoms with Gasteiger partial charge in [0.2, 0.25) is 0 Å². The molecule has 0 unspecified atom stereocenters. The molecule has 2 aromatic carbocycles. The zero-order valence-electron chi connectivity index (χ0n) is 12.3. The molecule has 3 rings (SSSR count). The van der Waals surface area contributed by atoms with Crippen LogP contribution < -0.4 is 4.83 Å². The van der Waals surface area contributed by atoms with Gasteiger partial charge in [-0.3, -0.25) is 0 Å². The third-order valence-electron chi connectivity index (χ3n) is 3.28. The standard InChI is InChI=1S/C16H13F2N3O2S/c17-16(18)14-11-15(12-7-3-1-4-8-12)21(19-14)20-24(22,23)13-9-5-2-6-10-13/h1-11,16,20H. The zero-order valence-corrected chi connectivity index (χ0v) is 13.1. The van der Waals surface area contributed by atoms with Crippen molar-refractivity contribution >= 4 is 10.0 Å². The van der Waals surface area contributed by atoms with E-state index in [1.165, 1.54) is 12.1 Å². The normalized spacial score (nSPS) is 11.6. The molecule has 0 aliphatic heterocycles. The van der Waals surface area contributed by atoms with Crippen molar-refractivity contribution in [3.05, 3.63) is 72.4 Å². The van der Waals surface area contributed by atoms with Crippen LogP contribution in [0.2, 0.25) is 0 Å². The van der Waals surface area contributed by atoms with Crippen LogP contribution in [0, 0.1) is 0 Å². The van der Waals surface area contributed by atoms with Crippen molar-refractivity contribution in [2.24, 2.45) is 0 Å². The van der Waals surface area contributed by atoms with Crippen molar-refractivity contribution in [3.63, 3.8) is 0 Å². The molecule has 0 radical (unpaired) electrons. The Morgan fingerprint density at radius 2 is 1.54 bits per heavy atom. The Labute approximate surface area is 137 Å². The molecule has 0 amide bonds. The quantitative estimate of drug-likeness (QED) is 0.768. The van der Waals surface area contributed by atoms with Crippen molar-refractivity contribution in [1.82, 2.24) is 9.89 Å². The van der Waals surface area contributed by atoms with Crippen LogP contribution in [-0.4, -0.2) is 18.3 Å². The van der Waals surface area contributed by atoms with Crippen LogP contribution in [0.4, 0.5) is 8.78 Å². The number of benzene rings is 2. The lowest BCUT2D eigenvalue weighted by atomic mass is 10.1. The fraction of sp³-hybridized carbons (Fsp3) is 0.0625. The largest absolute Gasteiger partial charge is 0.282 e. The molecule has 3 aromatic rings. The summed E-state index contributed by atoms with van der Waals surface area (Å²) in [7, 11) is -3.95. The van der Waals surface area contributed by atoms with Crippen LogP contribution in [0.1, 0.15) is 12.1 Å². The Hall–Kier alpha value is -2.74. The van der Waals surface area contributed by atoms with Gasteiger partial charge in [0.1, 0.15) is 5.69 Å². The number of nitrogens with one attached hydrogen (secondary N) is 1. The lowest BCUT2D eigenvalue weighted by Crippen LogP contribution is -2.25. The van der Waals surface area contributed by atoms with Gasteiger partial charge in [-0.2, -0.15) is 23.1 Å². The van der Waals surface area contributed by atoms with Crippen LogP contribution >= 0.6 is 0 Å². The summed E-state index contributed by atoms with van der Waals surface area (Å²) in [5.41, 5.74) is 0.280. The topological polar surface area (TPSA) is 64.0 Å². The molecule has 0 saturated heterocycles. The molecule has 24 heavy (non-hydrogen) atoms. The molecule has 0 aliphatic carbocycles. The second kappa shape index (κ2) is 6.40. The summed E-state index contributed by atoms with van der Waals surface area (Å²) >= 11 is 0. The fourth-order valence-electron chi connectivity index (χ4n) is 2.16. The maximum atomic E-state index is 13.0. The highest BCUT2D eigenvalue weighted by molar-refractivity contribution is 7.92. The van der Waals surface area contributed by atoms with Crippen LogP contribution in [0.25, 0.3) is 11.3 Å². The van der Waals surface area contributed by atoms with E-state index in [0.717, 1.165) is 10.9 Å². The first-order valence-corrected chi connectivity index (χ1v) is 8.47. The summed E-state index contributed by atoms with van der Waals surface area (Å²) in [6.45, 7) is 0. The highest BCUT2D eigenvalue weighted by Gasteiger charge is 2.21. The summed E-state index contributed by atoms with van der Waals surface area (Å²) in [5.74, 6) is 0. The first-order valence-electron chi connectivity index (χ1n) is 6.99. The van der Waals surface area contributed by atoms with E-state index < -0.39 is 22.1 Å². The van der Waals surface area contributed by atoms with E-state index in [2.05, 4.69) is 9.93 Å². The molecular weight excluding hydrogens is 336 g/mol. The maximum absolute atomic E-state index is 13.0. The Bertz CT molecular complexity index is 926. The molecule has 0 saturated carbocycles. The van der Waals surface area contributed by atoms with Crippen molar-refractivity contribution in [3.8, 4) is 11.3 Å². The Kier molecular flexibility index (Phi) is 4.30. The van der Waals surface area contributed by atoms with Crippen LogP contribution in [0.3, 0.4) is 0 Å². The van der Waals surface area contributed by atoms with E-state index in [9.17, 15) is 17.2 Å². The molecule has 0 atom stereocenters. The van der Waals surface area contributed by atoms with Crippen molar-refractivity contribution in [1.29, 1.82) is 0 Å². The average Bonchev–Trinajstić information content (AvgIpc) is 3.00. The molecule has 0 fully saturated rings. The summed E-state index contributed by atoms with van der Waals surface area (Å²) in [6.07, 6.45) is -2.81. The molecular formula is C16H13F2N3O2S. The van der Waals surface area contributed by atoms with E-state index in [0.29, 0.717) is 5.56 Å². The second-order valence-electron chi connectivity index (χ2n) is 4.94. The van der Waals surface area contributed by atoms with Crippen LogP contribution in [0.5, 0.6) is 0 Å². The highest BCUT2D eigenvalue weighted by Crippen LogP contribution is 2.25. The molecule has 0 bridgehead atoms. The summed E-state index contributed by atoms with van der Waals surface area (Å²) < 4.78 is 50.8. The Morgan fingerprint density at radius 1 is 0.958 bits per heavy atom. The average molecular weight is 349 g/mol. The Morgan fingerprint density at radius 3 is 2.12 bits per heavy atom. The first kappa shape index (κ1) is 16.1. The molecule has 1 aromatic heterocycles. The number of hydrogen-bond donors (Lipinski definition) is 1. The number of nitrogens with zero attached hydrogens (tertiary/aromatic N) is 2. The molecule has 1 N–H and O–H groups in total. The summed E-state index contributed by atoms with van der Waals surface area (Å²) in [5, 5.41) is 3.67. The number of halogens is 2. The number of hydrogen-bond acceptors (Lipinski definition) is 3. The number of aromatic nitrogens is 2. The van der Waals surface area contributed by atoms with Crippen molar-refractivity contribution in [2.45, 2.75) is 11.3 Å². The second-order valence-corrected chi connectivity index (χ2v) is 6.60. The minimum Gasteiger partial charge on any atom is -0.203 e. The Balaban J connectivity index is 2.04. The minimum atomic E-state index is -3.95. The maximum Gasteiger partial charge on any atom is 0.282 e. The van der Waals surface area contributed by atoms with Crippen molar-refractivity contribution in [2.75, 3.05) is 4.83 Å². The molecule has 124 valence electrons. The lowest BCUT2D eigenvalue weighted by Gasteiger charge is -2.11. The third-order valence-corrected chi connectivity index (χ3v) is 4.59. The molecule has 0 aliphatic rings. The van der Waals surface area contributed by atoms with Gasteiger partial charge in [0, 0.05) is 5.56 Å². The smallest absolute Gasteiger partial charge is 0.203 e. The van der Waals surface area contributed by atoms with E-state index in [4.69, 9.17) is 0 Å². The van der Waals surface area contributed by atoms with Gasteiger partial charge in [0.25, 0.3) is 16.4 Å². The monoisotopic (exact) mass is 349 g/mol. The molecule has 5 nitrogen and oxygen atoms in total. The van der Waals surface area contributed by atoms with E-state index in [1.54, 1.807) is 48.5 Å². The minimum absolute atomic E-state index is 0.0121. The molecule has 8 heteroatoms. The summed E-state index contributed by atoms with van der Waals surface area (Å²) in [6, 6.07) is 17.4. The van der Waals surface area contributed by atoms with Gasteiger partial charge in [-0.15, -0.1) is 0 Å². The van der Waals surface area contributed by atoms with Crippen LogP contribution in [0.15, 0.2) is 71.6 Å². The predicted molar refractivity (Wildman–Crippen MR) is 85.6 cm³/mol. The van der Waals surface area contributed by atoms with Gasteiger partial charge in [0.15, 0.2) is 0 Å². The summed E-state index contributed by atoms with van der Waals surface area (Å²) in [4.78, 5) is 3.09. The SMILES string of the molecule is O=S(=O)(Nn1nc(C(F)F)cc1-c1ccccc1)c1ccccc1. The number of alkyl halides is 2. The van der Waals surface area contributed by atoms with Gasteiger partial charge in [-0.1, -0.05) is 48.5 Å². The zero-order chi connectivity index (χ0) is 17.2. The number of rotatable bonds is 5. The van der Waals surface area contributed by atoms with Crippen molar-refractivity contribution < 1.29 is 17.2 Å². The van der Waals surface area contributed by atoms with Gasteiger partial charge in [-0.25, -0.2) is 8.78 Å². The van der Waals surface area contributed by atoms with E-state index in [1.807, 2.05) is 0 Å². The van der Waals surface area contributed by atoms with Gasteiger partial charge in [0.05, 0.1) is 10.6 Å². The first-order chi connectivity index (χ1) is 11.5. The van der Waals surface area contributed by atoms with Gasteiger partial charge in [-0.05, 0) is 18.2 Å². The predicted octanol–water partition coefficient (Wildman–Crippen LogP) is 3.42. The molecule has 1 heterocycles. The van der Waals surface area contributed by atoms with E-state index in [-0.39, 0.29) is 10.6 Å². The third kappa shape index (κ3) is 3.28. The van der Waals surface area contributed by atoms with Crippen LogP contribution in [-0.2, 0) is 10.0 Å². The fourth-order valence-corrected chi connectivity index (χ4v) is 3.14. The van der Waals surface area contributed by atoms with Gasteiger partial charge >= 0.3 is 0 Å².